The number of hydrogen-bond donors (Lipinski definition) is 2. The van der Waals surface area contributed by atoms with E-state index < -0.39 is 30.3 Å². The number of carbonyl (C=O) groups is 3. The molecule has 0 spiro atoms. The molecule has 0 saturated carbocycles. The zero-order chi connectivity index (χ0) is 25.1. The third kappa shape index (κ3) is 8.02. The van der Waals surface area contributed by atoms with E-state index in [1.165, 1.54) is 25.7 Å². The number of carboxylic acids is 2. The lowest BCUT2D eigenvalue weighted by molar-refractivity contribution is -0.150. The highest BCUT2D eigenvalue weighted by Crippen LogP contribution is 2.36. The monoisotopic (exact) mass is 509 g/mol. The summed E-state index contributed by atoms with van der Waals surface area (Å²) in [4.78, 5) is 36.5. The van der Waals surface area contributed by atoms with Crippen LogP contribution in [-0.2, 0) is 14.4 Å². The molecule has 1 heterocycles. The quantitative estimate of drug-likeness (QED) is 0.192. The molecule has 1 aliphatic heterocycles. The Labute approximate surface area is 209 Å². The Kier molecular flexibility index (Phi) is 11.4. The Morgan fingerprint density at radius 2 is 1.79 bits per heavy atom. The Morgan fingerprint density at radius 1 is 1.09 bits per heavy atom. The number of carbonyl (C=O) groups excluding carboxylic acids is 1. The van der Waals surface area contributed by atoms with Crippen LogP contribution in [0.5, 0.6) is 11.5 Å². The van der Waals surface area contributed by atoms with Gasteiger partial charge in [0, 0.05) is 0 Å². The summed E-state index contributed by atoms with van der Waals surface area (Å²) in [5, 5.41) is 18.4. The molecule has 0 aliphatic carbocycles. The molecule has 0 unspecified atom stereocenters. The van der Waals surface area contributed by atoms with Gasteiger partial charge in [-0.2, -0.15) is 0 Å². The van der Waals surface area contributed by atoms with Crippen molar-refractivity contribution in [1.29, 1.82) is 0 Å². The number of rotatable bonds is 15. The first kappa shape index (κ1) is 27.7. The number of aliphatic carboxylic acids is 2. The Balaban J connectivity index is 2.11. The predicted octanol–water partition coefficient (Wildman–Crippen LogP) is 4.95. The number of unbranched alkanes of at least 4 members (excludes halogenated alkanes) is 5. The zero-order valence-electron chi connectivity index (χ0n) is 19.5. The van der Waals surface area contributed by atoms with E-state index in [2.05, 4.69) is 6.92 Å². The molecule has 1 saturated heterocycles. The van der Waals surface area contributed by atoms with Crippen LogP contribution in [-0.4, -0.2) is 56.5 Å². The first-order valence-electron chi connectivity index (χ1n) is 11.4. The van der Waals surface area contributed by atoms with E-state index in [0.717, 1.165) is 29.5 Å². The van der Waals surface area contributed by atoms with Crippen LogP contribution < -0.4 is 9.47 Å². The maximum atomic E-state index is 12.8. The second-order valence-corrected chi connectivity index (χ2v) is 9.43. The number of amides is 1. The molecule has 186 valence electrons. The van der Waals surface area contributed by atoms with Gasteiger partial charge in [0.1, 0.15) is 10.4 Å². The van der Waals surface area contributed by atoms with Gasteiger partial charge in [0.2, 0.25) is 0 Å². The summed E-state index contributed by atoms with van der Waals surface area (Å²) in [6, 6.07) is 3.74. The number of nitrogens with zero attached hydrogens (tertiary/aromatic N) is 1. The summed E-state index contributed by atoms with van der Waals surface area (Å²) in [5.74, 6) is -2.22. The maximum absolute atomic E-state index is 12.8. The molecule has 0 radical (unpaired) electrons. The number of hydrogen-bond acceptors (Lipinski definition) is 7. The standard InChI is InChI=1S/C24H31NO7S2/c1-3-5-6-7-8-9-12-32-18-11-10-16(13-19(18)31-4-2)14-20-22(28)25(24(33)34-20)17(23(29)30)15-21(26)27/h10-11,13-14,17H,3-9,12,15H2,1-2H3,(H,26,27)(H,29,30)/b20-14+/t17-/m1/s1. The molecule has 1 amide bonds. The highest BCUT2D eigenvalue weighted by Gasteiger charge is 2.41. The van der Waals surface area contributed by atoms with Crippen LogP contribution in [0.15, 0.2) is 23.1 Å². The lowest BCUT2D eigenvalue weighted by Crippen LogP contribution is -2.45. The summed E-state index contributed by atoms with van der Waals surface area (Å²) < 4.78 is 11.6. The van der Waals surface area contributed by atoms with Crippen molar-refractivity contribution in [3.63, 3.8) is 0 Å². The molecule has 2 rings (SSSR count). The Hall–Kier alpha value is -2.59. The summed E-state index contributed by atoms with van der Waals surface area (Å²) in [7, 11) is 0. The van der Waals surface area contributed by atoms with Crippen molar-refractivity contribution >= 4 is 52.2 Å². The van der Waals surface area contributed by atoms with Gasteiger partial charge in [-0.15, -0.1) is 0 Å². The smallest absolute Gasteiger partial charge is 0.327 e. The van der Waals surface area contributed by atoms with Crippen molar-refractivity contribution in [2.24, 2.45) is 0 Å². The third-order valence-electron chi connectivity index (χ3n) is 5.11. The third-order valence-corrected chi connectivity index (χ3v) is 6.44. The van der Waals surface area contributed by atoms with E-state index in [-0.39, 0.29) is 9.23 Å². The molecule has 0 aromatic heterocycles. The minimum absolute atomic E-state index is 0.00817. The highest BCUT2D eigenvalue weighted by atomic mass is 32.2. The second-order valence-electron chi connectivity index (χ2n) is 7.76. The van der Waals surface area contributed by atoms with E-state index in [4.69, 9.17) is 26.8 Å². The number of carboxylic acid groups (broad SMARTS) is 2. The number of benzene rings is 1. The van der Waals surface area contributed by atoms with Gasteiger partial charge in [-0.1, -0.05) is 69.1 Å². The Bertz CT molecular complexity index is 932. The molecule has 0 bridgehead atoms. The molecule has 10 heteroatoms. The maximum Gasteiger partial charge on any atom is 0.327 e. The SMILES string of the molecule is CCCCCCCCOc1ccc(/C=C2/SC(=S)N([C@H](CC(=O)O)C(=O)O)C2=O)cc1OCC. The minimum atomic E-state index is -1.56. The van der Waals surface area contributed by atoms with E-state index in [1.54, 1.807) is 24.3 Å². The van der Waals surface area contributed by atoms with Gasteiger partial charge in [-0.05, 0) is 37.1 Å². The van der Waals surface area contributed by atoms with Crippen LogP contribution in [0.2, 0.25) is 0 Å². The van der Waals surface area contributed by atoms with Gasteiger partial charge < -0.3 is 19.7 Å². The molecule has 1 aromatic rings. The molecule has 1 aromatic carbocycles. The summed E-state index contributed by atoms with van der Waals surface area (Å²) in [6.45, 7) is 5.08. The van der Waals surface area contributed by atoms with Crippen molar-refractivity contribution in [2.45, 2.75) is 64.8 Å². The van der Waals surface area contributed by atoms with E-state index >= 15 is 0 Å². The molecule has 1 fully saturated rings. The molecule has 1 atom stereocenters. The van der Waals surface area contributed by atoms with Crippen LogP contribution in [0.1, 0.15) is 64.4 Å². The lowest BCUT2D eigenvalue weighted by Gasteiger charge is -2.21. The van der Waals surface area contributed by atoms with Crippen molar-refractivity contribution < 1.29 is 34.1 Å². The topological polar surface area (TPSA) is 113 Å². The molecule has 8 nitrogen and oxygen atoms in total. The zero-order valence-corrected chi connectivity index (χ0v) is 21.1. The fraction of sp³-hybridized carbons (Fsp3) is 0.500. The van der Waals surface area contributed by atoms with E-state index in [9.17, 15) is 19.5 Å². The van der Waals surface area contributed by atoms with Crippen LogP contribution >= 0.6 is 24.0 Å². The van der Waals surface area contributed by atoms with Gasteiger partial charge in [0.25, 0.3) is 5.91 Å². The van der Waals surface area contributed by atoms with Crippen LogP contribution in [0.4, 0.5) is 0 Å². The average Bonchev–Trinajstić information content (AvgIpc) is 3.05. The summed E-state index contributed by atoms with van der Waals surface area (Å²) >= 11 is 6.10. The molecule has 2 N–H and O–H groups in total. The summed E-state index contributed by atoms with van der Waals surface area (Å²) in [6.07, 6.45) is 7.82. The van der Waals surface area contributed by atoms with Gasteiger partial charge in [0.05, 0.1) is 24.5 Å². The second kappa shape index (κ2) is 14.0. The van der Waals surface area contributed by atoms with Gasteiger partial charge in [-0.25, -0.2) is 4.79 Å². The van der Waals surface area contributed by atoms with Crippen LogP contribution in [0.25, 0.3) is 6.08 Å². The van der Waals surface area contributed by atoms with Crippen molar-refractivity contribution in [1.82, 2.24) is 4.90 Å². The minimum Gasteiger partial charge on any atom is -0.490 e. The molecule has 34 heavy (non-hydrogen) atoms. The number of ether oxygens (including phenoxy) is 2. The number of thiocarbonyl (C=S) groups is 1. The Morgan fingerprint density at radius 3 is 2.44 bits per heavy atom. The lowest BCUT2D eigenvalue weighted by atomic mass is 10.1. The van der Waals surface area contributed by atoms with E-state index in [1.807, 2.05) is 6.92 Å². The molecule has 1 aliphatic rings. The predicted molar refractivity (Wildman–Crippen MR) is 135 cm³/mol. The van der Waals surface area contributed by atoms with Crippen molar-refractivity contribution in [3.8, 4) is 11.5 Å². The first-order chi connectivity index (χ1) is 16.3. The normalized spacial score (nSPS) is 15.6. The van der Waals surface area contributed by atoms with Crippen molar-refractivity contribution in [2.75, 3.05) is 13.2 Å². The average molecular weight is 510 g/mol. The van der Waals surface area contributed by atoms with Crippen LogP contribution in [0.3, 0.4) is 0 Å². The van der Waals surface area contributed by atoms with Crippen molar-refractivity contribution in [3.05, 3.63) is 28.7 Å². The van der Waals surface area contributed by atoms with Crippen LogP contribution in [0, 0.1) is 0 Å². The van der Waals surface area contributed by atoms with E-state index in [0.29, 0.717) is 30.3 Å². The largest absolute Gasteiger partial charge is 0.490 e. The highest BCUT2D eigenvalue weighted by molar-refractivity contribution is 8.26. The van der Waals surface area contributed by atoms with Gasteiger partial charge >= 0.3 is 11.9 Å². The molecular formula is C24H31NO7S2. The molecular weight excluding hydrogens is 478 g/mol. The summed E-state index contributed by atoms with van der Waals surface area (Å²) in [5.41, 5.74) is 0.654. The van der Waals surface area contributed by atoms with Gasteiger partial charge in [0.15, 0.2) is 11.5 Å². The number of thioether (sulfide) groups is 1. The van der Waals surface area contributed by atoms with Gasteiger partial charge in [-0.3, -0.25) is 14.5 Å². The fourth-order valence-corrected chi connectivity index (χ4v) is 4.78. The first-order valence-corrected chi connectivity index (χ1v) is 12.6. The fourth-order valence-electron chi connectivity index (χ4n) is 3.42.